The Hall–Kier alpha value is -1.40. The first kappa shape index (κ1) is 19.9. The number of carbonyl (C=O) groups excluding carboxylic acids is 1. The van der Waals surface area contributed by atoms with E-state index in [1.54, 1.807) is 12.1 Å². The molecule has 0 aliphatic heterocycles. The zero-order valence-corrected chi connectivity index (χ0v) is 16.1. The maximum absolute atomic E-state index is 12.4. The molecular weight excluding hydrogens is 336 g/mol. The van der Waals surface area contributed by atoms with Crippen molar-refractivity contribution in [1.29, 1.82) is 0 Å². The van der Waals surface area contributed by atoms with Gasteiger partial charge in [-0.3, -0.25) is 4.79 Å². The lowest BCUT2D eigenvalue weighted by Crippen LogP contribution is -2.30. The van der Waals surface area contributed by atoms with Crippen LogP contribution in [-0.4, -0.2) is 27.4 Å². The number of sulfonamides is 1. The summed E-state index contributed by atoms with van der Waals surface area (Å²) in [7, 11) is -3.55. The van der Waals surface area contributed by atoms with E-state index in [1.165, 1.54) is 12.1 Å². The number of rotatable bonds is 11. The maximum atomic E-state index is 12.4. The van der Waals surface area contributed by atoms with E-state index in [0.29, 0.717) is 30.5 Å². The second-order valence-corrected chi connectivity index (χ2v) is 8.72. The molecule has 1 aromatic rings. The molecule has 6 heteroatoms. The average Bonchev–Trinajstić information content (AvgIpc) is 3.44. The topological polar surface area (TPSA) is 75.3 Å². The first-order valence-corrected chi connectivity index (χ1v) is 10.8. The minimum absolute atomic E-state index is 0.152. The number of nitrogens with one attached hydrogen (secondary N) is 2. The van der Waals surface area contributed by atoms with Gasteiger partial charge < -0.3 is 5.32 Å². The van der Waals surface area contributed by atoms with Crippen LogP contribution in [0.5, 0.6) is 0 Å². The molecule has 1 aromatic carbocycles. The number of amides is 1. The van der Waals surface area contributed by atoms with Gasteiger partial charge in [0.1, 0.15) is 0 Å². The highest BCUT2D eigenvalue weighted by atomic mass is 32.2. The Morgan fingerprint density at radius 2 is 2.04 bits per heavy atom. The number of hydrogen-bond acceptors (Lipinski definition) is 3. The highest BCUT2D eigenvalue weighted by Crippen LogP contribution is 2.28. The molecular formula is C19H30N2O3S. The first-order chi connectivity index (χ1) is 12.0. The van der Waals surface area contributed by atoms with Crippen molar-refractivity contribution in [2.24, 2.45) is 11.8 Å². The molecule has 1 atom stereocenters. The van der Waals surface area contributed by atoms with Gasteiger partial charge in [-0.1, -0.05) is 39.2 Å². The van der Waals surface area contributed by atoms with Gasteiger partial charge in [-0.2, -0.15) is 0 Å². The molecule has 1 fully saturated rings. The van der Waals surface area contributed by atoms with Gasteiger partial charge in [-0.05, 0) is 49.3 Å². The lowest BCUT2D eigenvalue weighted by atomic mass is 9.99. The molecule has 1 unspecified atom stereocenters. The molecule has 1 amide bonds. The van der Waals surface area contributed by atoms with Crippen LogP contribution in [0.3, 0.4) is 0 Å². The Balaban J connectivity index is 1.95. The molecule has 0 radical (unpaired) electrons. The van der Waals surface area contributed by atoms with Gasteiger partial charge in [0.15, 0.2) is 0 Å². The molecule has 1 saturated carbocycles. The van der Waals surface area contributed by atoms with Crippen LogP contribution in [0.25, 0.3) is 0 Å². The number of unbranched alkanes of at least 4 members (excludes halogenated alkanes) is 1. The van der Waals surface area contributed by atoms with E-state index >= 15 is 0 Å². The number of carbonyl (C=O) groups is 1. The summed E-state index contributed by atoms with van der Waals surface area (Å²) in [6.07, 6.45) is 6.61. The van der Waals surface area contributed by atoms with Gasteiger partial charge in [-0.15, -0.1) is 0 Å². The Bertz CT molecular complexity index is 669. The van der Waals surface area contributed by atoms with Gasteiger partial charge in [0.05, 0.1) is 4.90 Å². The molecule has 0 bridgehead atoms. The van der Waals surface area contributed by atoms with Crippen LogP contribution in [0.15, 0.2) is 29.2 Å². The van der Waals surface area contributed by atoms with Crippen molar-refractivity contribution in [3.8, 4) is 0 Å². The third-order valence-corrected chi connectivity index (χ3v) is 6.18. The lowest BCUT2D eigenvalue weighted by molar-refractivity contribution is 0.0945. The van der Waals surface area contributed by atoms with Crippen LogP contribution < -0.4 is 10.0 Å². The quantitative estimate of drug-likeness (QED) is 0.631. The smallest absolute Gasteiger partial charge is 0.251 e. The fourth-order valence-electron chi connectivity index (χ4n) is 2.72. The molecule has 0 aromatic heterocycles. The van der Waals surface area contributed by atoms with Crippen molar-refractivity contribution >= 4 is 15.9 Å². The van der Waals surface area contributed by atoms with Gasteiger partial charge in [-0.25, -0.2) is 13.1 Å². The molecule has 0 heterocycles. The standard InChI is InChI=1S/C19H30N2O3S/c1-3-5-7-15(4-2)13-20-19(22)17-8-6-9-18(12-17)25(23,24)21-14-16-10-11-16/h6,8-9,12,15-16,21H,3-5,7,10-11,13-14H2,1-2H3,(H,20,22). The molecule has 2 N–H and O–H groups in total. The van der Waals surface area contributed by atoms with Crippen LogP contribution in [-0.2, 0) is 10.0 Å². The predicted molar refractivity (Wildman–Crippen MR) is 100.0 cm³/mol. The van der Waals surface area contributed by atoms with Gasteiger partial charge >= 0.3 is 0 Å². The molecule has 0 saturated heterocycles. The van der Waals surface area contributed by atoms with Crippen molar-refractivity contribution in [2.75, 3.05) is 13.1 Å². The van der Waals surface area contributed by atoms with E-state index in [1.807, 2.05) is 0 Å². The summed E-state index contributed by atoms with van der Waals surface area (Å²) in [5, 5.41) is 2.94. The van der Waals surface area contributed by atoms with Gasteiger partial charge in [0, 0.05) is 18.7 Å². The Labute approximate surface area is 151 Å². The summed E-state index contributed by atoms with van der Waals surface area (Å²) < 4.78 is 27.3. The third kappa shape index (κ3) is 6.44. The summed E-state index contributed by atoms with van der Waals surface area (Å²) in [5.41, 5.74) is 0.389. The zero-order chi connectivity index (χ0) is 18.3. The minimum atomic E-state index is -3.55. The molecule has 1 aliphatic rings. The highest BCUT2D eigenvalue weighted by Gasteiger charge is 2.24. The third-order valence-electron chi connectivity index (χ3n) is 4.76. The van der Waals surface area contributed by atoms with Crippen molar-refractivity contribution < 1.29 is 13.2 Å². The second-order valence-electron chi connectivity index (χ2n) is 6.95. The van der Waals surface area contributed by atoms with E-state index < -0.39 is 10.0 Å². The maximum Gasteiger partial charge on any atom is 0.251 e. The molecule has 0 spiro atoms. The minimum Gasteiger partial charge on any atom is -0.352 e. The largest absolute Gasteiger partial charge is 0.352 e. The van der Waals surface area contributed by atoms with Crippen molar-refractivity contribution in [2.45, 2.75) is 57.3 Å². The van der Waals surface area contributed by atoms with Crippen LogP contribution in [0, 0.1) is 11.8 Å². The SMILES string of the molecule is CCCCC(CC)CNC(=O)c1cccc(S(=O)(=O)NCC2CC2)c1. The second kappa shape index (κ2) is 9.34. The molecule has 2 rings (SSSR count). The van der Waals surface area contributed by atoms with Crippen LogP contribution in [0.1, 0.15) is 62.7 Å². The van der Waals surface area contributed by atoms with Gasteiger partial charge in [0.25, 0.3) is 5.91 Å². The van der Waals surface area contributed by atoms with Crippen molar-refractivity contribution in [3.05, 3.63) is 29.8 Å². The molecule has 25 heavy (non-hydrogen) atoms. The van der Waals surface area contributed by atoms with Crippen LogP contribution in [0.4, 0.5) is 0 Å². The van der Waals surface area contributed by atoms with E-state index in [0.717, 1.165) is 38.5 Å². The fraction of sp³-hybridized carbons (Fsp3) is 0.632. The monoisotopic (exact) mass is 366 g/mol. The van der Waals surface area contributed by atoms with E-state index in [9.17, 15) is 13.2 Å². The van der Waals surface area contributed by atoms with E-state index in [2.05, 4.69) is 23.9 Å². The van der Waals surface area contributed by atoms with Crippen molar-refractivity contribution in [3.63, 3.8) is 0 Å². The fourth-order valence-corrected chi connectivity index (χ4v) is 3.88. The summed E-state index contributed by atoms with van der Waals surface area (Å²) in [5.74, 6) is 0.723. The Morgan fingerprint density at radius 3 is 2.68 bits per heavy atom. The summed E-state index contributed by atoms with van der Waals surface area (Å²) in [6, 6.07) is 6.26. The molecule has 140 valence electrons. The predicted octanol–water partition coefficient (Wildman–Crippen LogP) is 3.32. The lowest BCUT2D eigenvalue weighted by Gasteiger charge is -2.15. The highest BCUT2D eigenvalue weighted by molar-refractivity contribution is 7.89. The Kier molecular flexibility index (Phi) is 7.44. The zero-order valence-electron chi connectivity index (χ0n) is 15.3. The number of hydrogen-bond donors (Lipinski definition) is 2. The average molecular weight is 367 g/mol. The Morgan fingerprint density at radius 1 is 1.28 bits per heavy atom. The summed E-state index contributed by atoms with van der Waals surface area (Å²) in [4.78, 5) is 12.5. The molecule has 5 nitrogen and oxygen atoms in total. The normalized spacial score (nSPS) is 15.8. The number of benzene rings is 1. The summed E-state index contributed by atoms with van der Waals surface area (Å²) in [6.45, 7) is 5.40. The molecule has 1 aliphatic carbocycles. The van der Waals surface area contributed by atoms with E-state index in [-0.39, 0.29) is 10.8 Å². The van der Waals surface area contributed by atoms with Crippen LogP contribution in [0.2, 0.25) is 0 Å². The first-order valence-electron chi connectivity index (χ1n) is 9.34. The van der Waals surface area contributed by atoms with E-state index in [4.69, 9.17) is 0 Å². The van der Waals surface area contributed by atoms with Gasteiger partial charge in [0.2, 0.25) is 10.0 Å². The van der Waals surface area contributed by atoms with Crippen LogP contribution >= 0.6 is 0 Å². The van der Waals surface area contributed by atoms with Crippen molar-refractivity contribution in [1.82, 2.24) is 10.0 Å². The summed E-state index contributed by atoms with van der Waals surface area (Å²) >= 11 is 0.